The molecule has 1 saturated carbocycles. The first kappa shape index (κ1) is 12.2. The molecule has 1 N–H and O–H groups in total. The van der Waals surface area contributed by atoms with Crippen LogP contribution in [0.25, 0.3) is 0 Å². The van der Waals surface area contributed by atoms with Crippen LogP contribution in [0.5, 0.6) is 0 Å². The van der Waals surface area contributed by atoms with Crippen LogP contribution in [0.4, 0.5) is 0 Å². The highest BCUT2D eigenvalue weighted by atomic mass is 16.4. The number of aliphatic carboxylic acids is 1. The number of carbonyl (C=O) groups is 1. The van der Waals surface area contributed by atoms with Crippen molar-refractivity contribution in [1.82, 2.24) is 0 Å². The van der Waals surface area contributed by atoms with Crippen molar-refractivity contribution in [2.75, 3.05) is 0 Å². The minimum absolute atomic E-state index is 0.311. The quantitative estimate of drug-likeness (QED) is 0.804. The molecule has 1 aliphatic rings. The van der Waals surface area contributed by atoms with Gasteiger partial charge in [0.1, 0.15) is 0 Å². The van der Waals surface area contributed by atoms with E-state index in [0.717, 1.165) is 18.4 Å². The summed E-state index contributed by atoms with van der Waals surface area (Å²) in [5.74, 6) is -0.658. The summed E-state index contributed by atoms with van der Waals surface area (Å²) in [5, 5.41) is 9.47. The van der Waals surface area contributed by atoms with E-state index in [-0.39, 0.29) is 5.92 Å². The number of benzene rings is 1. The minimum Gasteiger partial charge on any atom is -0.481 e. The molecule has 0 radical (unpaired) electrons. The van der Waals surface area contributed by atoms with Crippen molar-refractivity contribution in [2.45, 2.75) is 44.4 Å². The van der Waals surface area contributed by atoms with Crippen LogP contribution in [0, 0.1) is 5.92 Å². The Morgan fingerprint density at radius 1 is 1.06 bits per heavy atom. The van der Waals surface area contributed by atoms with E-state index in [4.69, 9.17) is 0 Å². The first-order valence-electron chi connectivity index (χ1n) is 6.57. The van der Waals surface area contributed by atoms with Crippen molar-refractivity contribution in [2.24, 2.45) is 5.92 Å². The molecule has 1 aliphatic carbocycles. The molecular weight excluding hydrogens is 212 g/mol. The predicted octanol–water partition coefficient (Wildman–Crippen LogP) is 3.83. The number of carboxylic acid groups (broad SMARTS) is 1. The standard InChI is InChI=1S/C15H20O2/c16-15(17)14(13-10-6-3-7-11-13)12-8-4-1-2-5-9-12/h3,6-7,10-12,14H,1-2,4-5,8-9H2,(H,16,17). The molecule has 0 saturated heterocycles. The molecule has 2 heteroatoms. The van der Waals surface area contributed by atoms with Gasteiger partial charge < -0.3 is 5.11 Å². The average molecular weight is 232 g/mol. The Hall–Kier alpha value is -1.31. The third-order valence-corrected chi connectivity index (χ3v) is 3.80. The van der Waals surface area contributed by atoms with Gasteiger partial charge in [0.25, 0.3) is 0 Å². The Bertz CT molecular complexity index is 350. The summed E-state index contributed by atoms with van der Waals surface area (Å²) in [6.45, 7) is 0. The highest BCUT2D eigenvalue weighted by Crippen LogP contribution is 2.35. The number of rotatable bonds is 3. The number of hydrogen-bond acceptors (Lipinski definition) is 1. The van der Waals surface area contributed by atoms with E-state index in [1.54, 1.807) is 0 Å². The second-order valence-electron chi connectivity index (χ2n) is 4.98. The minimum atomic E-state index is -0.664. The smallest absolute Gasteiger partial charge is 0.311 e. The molecule has 92 valence electrons. The Morgan fingerprint density at radius 2 is 1.65 bits per heavy atom. The van der Waals surface area contributed by atoms with Gasteiger partial charge in [0.05, 0.1) is 5.92 Å². The van der Waals surface area contributed by atoms with Gasteiger partial charge in [0.2, 0.25) is 0 Å². The molecule has 2 nitrogen and oxygen atoms in total. The van der Waals surface area contributed by atoms with E-state index in [1.807, 2.05) is 30.3 Å². The maximum absolute atomic E-state index is 11.5. The molecule has 1 aromatic rings. The molecule has 0 aromatic heterocycles. The fourth-order valence-corrected chi connectivity index (χ4v) is 2.92. The molecule has 0 heterocycles. The van der Waals surface area contributed by atoms with Gasteiger partial charge in [-0.15, -0.1) is 0 Å². The Kier molecular flexibility index (Phi) is 4.18. The maximum Gasteiger partial charge on any atom is 0.311 e. The van der Waals surface area contributed by atoms with E-state index in [0.29, 0.717) is 5.92 Å². The molecule has 0 spiro atoms. The van der Waals surface area contributed by atoms with E-state index in [1.165, 1.54) is 25.7 Å². The van der Waals surface area contributed by atoms with E-state index < -0.39 is 5.97 Å². The molecule has 1 unspecified atom stereocenters. The highest BCUT2D eigenvalue weighted by Gasteiger charge is 2.29. The van der Waals surface area contributed by atoms with Gasteiger partial charge in [-0.1, -0.05) is 56.0 Å². The van der Waals surface area contributed by atoms with Crippen molar-refractivity contribution >= 4 is 5.97 Å². The van der Waals surface area contributed by atoms with E-state index >= 15 is 0 Å². The fourth-order valence-electron chi connectivity index (χ4n) is 2.92. The lowest BCUT2D eigenvalue weighted by molar-refractivity contribution is -0.140. The molecular formula is C15H20O2. The van der Waals surface area contributed by atoms with Crippen LogP contribution in [-0.2, 0) is 4.79 Å². The van der Waals surface area contributed by atoms with Gasteiger partial charge in [0, 0.05) is 0 Å². The third kappa shape index (κ3) is 3.09. The summed E-state index contributed by atoms with van der Waals surface area (Å²) in [6.07, 6.45) is 7.01. The average Bonchev–Trinajstić information content (AvgIpc) is 2.59. The van der Waals surface area contributed by atoms with Gasteiger partial charge in [-0.3, -0.25) is 4.79 Å². The van der Waals surface area contributed by atoms with Gasteiger partial charge in [0.15, 0.2) is 0 Å². The fraction of sp³-hybridized carbons (Fsp3) is 0.533. The lowest BCUT2D eigenvalue weighted by Crippen LogP contribution is -2.21. The molecule has 0 bridgehead atoms. The second-order valence-corrected chi connectivity index (χ2v) is 4.98. The van der Waals surface area contributed by atoms with Crippen LogP contribution in [0.3, 0.4) is 0 Å². The van der Waals surface area contributed by atoms with Gasteiger partial charge in [-0.2, -0.15) is 0 Å². The summed E-state index contributed by atoms with van der Waals surface area (Å²) >= 11 is 0. The van der Waals surface area contributed by atoms with Crippen molar-refractivity contribution in [3.63, 3.8) is 0 Å². The summed E-state index contributed by atoms with van der Waals surface area (Å²) in [5.41, 5.74) is 0.965. The van der Waals surface area contributed by atoms with Crippen LogP contribution >= 0.6 is 0 Å². The summed E-state index contributed by atoms with van der Waals surface area (Å²) in [6, 6.07) is 9.70. The van der Waals surface area contributed by atoms with Crippen molar-refractivity contribution in [3.05, 3.63) is 35.9 Å². The first-order valence-corrected chi connectivity index (χ1v) is 6.57. The monoisotopic (exact) mass is 232 g/mol. The normalized spacial score (nSPS) is 19.5. The zero-order chi connectivity index (χ0) is 12.1. The Balaban J connectivity index is 2.19. The van der Waals surface area contributed by atoms with Crippen LogP contribution in [0.2, 0.25) is 0 Å². The molecule has 1 atom stereocenters. The van der Waals surface area contributed by atoms with Crippen molar-refractivity contribution < 1.29 is 9.90 Å². The molecule has 0 amide bonds. The summed E-state index contributed by atoms with van der Waals surface area (Å²) < 4.78 is 0. The largest absolute Gasteiger partial charge is 0.481 e. The zero-order valence-corrected chi connectivity index (χ0v) is 10.1. The highest BCUT2D eigenvalue weighted by molar-refractivity contribution is 5.76. The predicted molar refractivity (Wildman–Crippen MR) is 68.0 cm³/mol. The van der Waals surface area contributed by atoms with Crippen LogP contribution in [0.15, 0.2) is 30.3 Å². The van der Waals surface area contributed by atoms with Gasteiger partial charge in [-0.25, -0.2) is 0 Å². The van der Waals surface area contributed by atoms with Crippen molar-refractivity contribution in [3.8, 4) is 0 Å². The maximum atomic E-state index is 11.5. The van der Waals surface area contributed by atoms with Crippen molar-refractivity contribution in [1.29, 1.82) is 0 Å². The Morgan fingerprint density at radius 3 is 2.18 bits per heavy atom. The summed E-state index contributed by atoms with van der Waals surface area (Å²) in [4.78, 5) is 11.5. The number of hydrogen-bond donors (Lipinski definition) is 1. The third-order valence-electron chi connectivity index (χ3n) is 3.80. The first-order chi connectivity index (χ1) is 8.29. The lowest BCUT2D eigenvalue weighted by atomic mass is 9.81. The lowest BCUT2D eigenvalue weighted by Gasteiger charge is -2.22. The summed E-state index contributed by atoms with van der Waals surface area (Å²) in [7, 11) is 0. The zero-order valence-electron chi connectivity index (χ0n) is 10.1. The molecule has 17 heavy (non-hydrogen) atoms. The molecule has 2 rings (SSSR count). The van der Waals surface area contributed by atoms with E-state index in [2.05, 4.69) is 0 Å². The SMILES string of the molecule is O=C(O)C(c1ccccc1)C1CCCCCC1. The molecule has 1 aromatic carbocycles. The van der Waals surface area contributed by atoms with Crippen LogP contribution in [0.1, 0.15) is 50.0 Å². The van der Waals surface area contributed by atoms with E-state index in [9.17, 15) is 9.90 Å². The van der Waals surface area contributed by atoms with Gasteiger partial charge in [-0.05, 0) is 24.3 Å². The molecule has 0 aliphatic heterocycles. The molecule has 1 fully saturated rings. The van der Waals surface area contributed by atoms with Gasteiger partial charge >= 0.3 is 5.97 Å². The second kappa shape index (κ2) is 5.85. The Labute approximate surface area is 103 Å². The number of carboxylic acids is 1. The topological polar surface area (TPSA) is 37.3 Å². The van der Waals surface area contributed by atoms with Crippen LogP contribution < -0.4 is 0 Å². The van der Waals surface area contributed by atoms with Crippen LogP contribution in [-0.4, -0.2) is 11.1 Å².